The summed E-state index contributed by atoms with van der Waals surface area (Å²) in [5, 5.41) is 10.8. The van der Waals surface area contributed by atoms with E-state index in [-0.39, 0.29) is 0 Å². The maximum absolute atomic E-state index is 5.32. The molecule has 1 aliphatic rings. The van der Waals surface area contributed by atoms with Crippen LogP contribution < -0.4 is 10.6 Å². The molecule has 1 aliphatic carbocycles. The Bertz CT molecular complexity index is 765. The molecule has 0 aliphatic heterocycles. The summed E-state index contributed by atoms with van der Waals surface area (Å²) >= 11 is 0. The minimum absolute atomic E-state index is 0.377. The minimum atomic E-state index is 0.377. The Balaban J connectivity index is 1.54. The number of hydrogen-bond acceptors (Lipinski definition) is 5. The molecule has 158 valence electrons. The monoisotopic (exact) mass is 398 g/mol. The molecule has 0 bridgehead atoms. The van der Waals surface area contributed by atoms with E-state index < -0.39 is 0 Å². The lowest BCUT2D eigenvalue weighted by Crippen LogP contribution is -2.39. The third-order valence-corrected chi connectivity index (χ3v) is 5.42. The van der Waals surface area contributed by atoms with Crippen LogP contribution in [0.15, 0.2) is 33.9 Å². The Morgan fingerprint density at radius 2 is 2.07 bits per heavy atom. The quantitative estimate of drug-likeness (QED) is 0.493. The number of aliphatic imine (C=N–C) groups is 1. The van der Waals surface area contributed by atoms with Gasteiger partial charge in [0, 0.05) is 32.3 Å². The van der Waals surface area contributed by atoms with Gasteiger partial charge in [0.2, 0.25) is 0 Å². The first-order chi connectivity index (χ1) is 14.1. The van der Waals surface area contributed by atoms with E-state index in [1.807, 2.05) is 18.2 Å². The average Bonchev–Trinajstić information content (AvgIpc) is 3.37. The van der Waals surface area contributed by atoms with Crippen molar-refractivity contribution in [1.82, 2.24) is 25.8 Å². The smallest absolute Gasteiger partial charge is 0.276 e. The maximum atomic E-state index is 5.32. The van der Waals surface area contributed by atoms with E-state index >= 15 is 0 Å². The van der Waals surface area contributed by atoms with Crippen molar-refractivity contribution in [2.75, 3.05) is 19.6 Å². The van der Waals surface area contributed by atoms with Gasteiger partial charge in [-0.3, -0.25) is 9.98 Å². The molecule has 1 fully saturated rings. The fourth-order valence-electron chi connectivity index (χ4n) is 4.25. The summed E-state index contributed by atoms with van der Waals surface area (Å²) in [5.74, 6) is 2.71. The fourth-order valence-corrected chi connectivity index (χ4v) is 4.25. The molecular weight excluding hydrogens is 364 g/mol. The molecule has 3 rings (SSSR count). The molecule has 0 radical (unpaired) electrons. The van der Waals surface area contributed by atoms with Gasteiger partial charge in [0.15, 0.2) is 11.8 Å². The van der Waals surface area contributed by atoms with E-state index in [9.17, 15) is 0 Å². The highest BCUT2D eigenvalue weighted by Gasteiger charge is 2.34. The molecule has 29 heavy (non-hydrogen) atoms. The molecule has 0 saturated heterocycles. The highest BCUT2D eigenvalue weighted by atomic mass is 16.5. The summed E-state index contributed by atoms with van der Waals surface area (Å²) in [7, 11) is 0. The number of aromatic nitrogens is 3. The lowest BCUT2D eigenvalue weighted by Gasteiger charge is -2.29. The van der Waals surface area contributed by atoms with E-state index in [1.54, 1.807) is 6.20 Å². The van der Waals surface area contributed by atoms with Crippen molar-refractivity contribution < 1.29 is 4.52 Å². The van der Waals surface area contributed by atoms with Gasteiger partial charge >= 0.3 is 0 Å². The lowest BCUT2D eigenvalue weighted by molar-refractivity contribution is 0.245. The van der Waals surface area contributed by atoms with Crippen molar-refractivity contribution in [2.24, 2.45) is 16.3 Å². The molecule has 0 amide bonds. The molecule has 2 aromatic heterocycles. The third-order valence-electron chi connectivity index (χ3n) is 5.42. The number of guanidine groups is 1. The largest absolute Gasteiger partial charge is 0.357 e. The Labute approximate surface area is 173 Å². The number of rotatable bonds is 9. The predicted molar refractivity (Wildman–Crippen MR) is 116 cm³/mol. The molecule has 0 aromatic carbocycles. The summed E-state index contributed by atoms with van der Waals surface area (Å²) in [5.41, 5.74) is 1.07. The highest BCUT2D eigenvalue weighted by molar-refractivity contribution is 5.79. The first-order valence-corrected chi connectivity index (χ1v) is 10.9. The molecule has 0 unspecified atom stereocenters. The maximum Gasteiger partial charge on any atom is 0.276 e. The zero-order chi connectivity index (χ0) is 20.5. The zero-order valence-corrected chi connectivity index (χ0v) is 17.9. The topological polar surface area (TPSA) is 88.2 Å². The van der Waals surface area contributed by atoms with Crippen LogP contribution in [0, 0.1) is 11.3 Å². The van der Waals surface area contributed by atoms with E-state index in [4.69, 9.17) is 9.52 Å². The number of nitrogens with zero attached hydrogens (tertiary/aromatic N) is 4. The molecule has 1 saturated carbocycles. The van der Waals surface area contributed by atoms with Gasteiger partial charge in [-0.15, -0.1) is 0 Å². The fraction of sp³-hybridized carbons (Fsp3) is 0.636. The summed E-state index contributed by atoms with van der Waals surface area (Å²) in [4.78, 5) is 13.6. The standard InChI is InChI=1S/C22H34N6O/c1-4-23-21(26-16-22(15-17(2)3)11-6-7-12-22)25-14-10-19-27-20(29-28-19)18-9-5-8-13-24-18/h5,8-9,13,17H,4,6-7,10-12,14-16H2,1-3H3,(H2,23,25,26). The summed E-state index contributed by atoms with van der Waals surface area (Å²) < 4.78 is 5.32. The first kappa shape index (κ1) is 21.3. The van der Waals surface area contributed by atoms with Crippen LogP contribution in [-0.4, -0.2) is 40.7 Å². The van der Waals surface area contributed by atoms with Gasteiger partial charge in [-0.1, -0.05) is 37.9 Å². The normalized spacial score (nSPS) is 16.3. The second-order valence-corrected chi connectivity index (χ2v) is 8.41. The molecule has 7 nitrogen and oxygen atoms in total. The Hall–Kier alpha value is -2.44. The Morgan fingerprint density at radius 1 is 1.24 bits per heavy atom. The van der Waals surface area contributed by atoms with E-state index in [2.05, 4.69) is 46.5 Å². The van der Waals surface area contributed by atoms with Crippen molar-refractivity contribution in [3.8, 4) is 11.6 Å². The van der Waals surface area contributed by atoms with E-state index in [0.29, 0.717) is 41.7 Å². The van der Waals surface area contributed by atoms with Crippen LogP contribution in [-0.2, 0) is 6.42 Å². The molecule has 0 spiro atoms. The SMILES string of the molecule is CCNC(=NCC1(CC(C)C)CCCC1)NCCc1noc(-c2ccccn2)n1. The van der Waals surface area contributed by atoms with Crippen LogP contribution in [0.1, 0.15) is 58.7 Å². The predicted octanol–water partition coefficient (Wildman–Crippen LogP) is 3.84. The van der Waals surface area contributed by atoms with Gasteiger partial charge in [-0.25, -0.2) is 0 Å². The second kappa shape index (κ2) is 10.4. The number of pyridine rings is 1. The summed E-state index contributed by atoms with van der Waals surface area (Å²) in [6, 6.07) is 5.63. The van der Waals surface area contributed by atoms with Crippen LogP contribution in [0.3, 0.4) is 0 Å². The van der Waals surface area contributed by atoms with E-state index in [1.165, 1.54) is 32.1 Å². The zero-order valence-electron chi connectivity index (χ0n) is 17.9. The third kappa shape index (κ3) is 6.27. The highest BCUT2D eigenvalue weighted by Crippen LogP contribution is 2.43. The summed E-state index contributed by atoms with van der Waals surface area (Å²) in [6.45, 7) is 9.16. The molecule has 2 heterocycles. The van der Waals surface area contributed by atoms with Crippen LogP contribution in [0.25, 0.3) is 11.6 Å². The number of nitrogens with one attached hydrogen (secondary N) is 2. The van der Waals surface area contributed by atoms with Crippen LogP contribution in [0.5, 0.6) is 0 Å². The second-order valence-electron chi connectivity index (χ2n) is 8.41. The molecule has 2 N–H and O–H groups in total. The Morgan fingerprint density at radius 3 is 2.76 bits per heavy atom. The minimum Gasteiger partial charge on any atom is -0.357 e. The molecule has 7 heteroatoms. The van der Waals surface area contributed by atoms with Crippen molar-refractivity contribution >= 4 is 5.96 Å². The van der Waals surface area contributed by atoms with Crippen molar-refractivity contribution in [3.63, 3.8) is 0 Å². The van der Waals surface area contributed by atoms with Gasteiger partial charge in [-0.2, -0.15) is 4.98 Å². The summed E-state index contributed by atoms with van der Waals surface area (Å²) in [6.07, 6.45) is 8.91. The van der Waals surface area contributed by atoms with Gasteiger partial charge in [0.1, 0.15) is 5.69 Å². The van der Waals surface area contributed by atoms with Crippen LogP contribution >= 0.6 is 0 Å². The molecular formula is C22H34N6O. The van der Waals surface area contributed by atoms with Gasteiger partial charge in [0.25, 0.3) is 5.89 Å². The Kier molecular flexibility index (Phi) is 7.61. The van der Waals surface area contributed by atoms with Crippen LogP contribution in [0.4, 0.5) is 0 Å². The van der Waals surface area contributed by atoms with Crippen molar-refractivity contribution in [2.45, 2.75) is 59.3 Å². The molecule has 0 atom stereocenters. The van der Waals surface area contributed by atoms with Gasteiger partial charge in [0.05, 0.1) is 0 Å². The van der Waals surface area contributed by atoms with Crippen LogP contribution in [0.2, 0.25) is 0 Å². The lowest BCUT2D eigenvalue weighted by atomic mass is 9.78. The van der Waals surface area contributed by atoms with Gasteiger partial charge in [-0.05, 0) is 49.7 Å². The van der Waals surface area contributed by atoms with Crippen molar-refractivity contribution in [3.05, 3.63) is 30.2 Å². The van der Waals surface area contributed by atoms with Gasteiger partial charge < -0.3 is 15.2 Å². The number of hydrogen-bond donors (Lipinski definition) is 2. The average molecular weight is 399 g/mol. The van der Waals surface area contributed by atoms with Crippen molar-refractivity contribution in [1.29, 1.82) is 0 Å². The molecule has 2 aromatic rings. The van der Waals surface area contributed by atoms with E-state index in [0.717, 1.165) is 19.0 Å². The first-order valence-electron chi connectivity index (χ1n) is 10.9.